The number of hydrogen-bond donors (Lipinski definition) is 1. The Morgan fingerprint density at radius 2 is 1.75 bits per heavy atom. The standard InChI is InChI=1S/C15H12Cl2FNO/c16-8-2-4-14-11(5-8)13(19)7-15(20-14)10-3-1-9(17)6-12(10)18/h1-6,13,15H,7,19H2/t13-,15?/m0/s1. The smallest absolute Gasteiger partial charge is 0.131 e. The van der Waals surface area contributed by atoms with Crippen molar-refractivity contribution < 1.29 is 9.13 Å². The van der Waals surface area contributed by atoms with Gasteiger partial charge in [0.1, 0.15) is 17.7 Å². The van der Waals surface area contributed by atoms with Crippen molar-refractivity contribution in [1.82, 2.24) is 0 Å². The molecule has 3 rings (SSSR count). The van der Waals surface area contributed by atoms with E-state index >= 15 is 0 Å². The highest BCUT2D eigenvalue weighted by atomic mass is 35.5. The molecule has 2 nitrogen and oxygen atoms in total. The third-order valence-corrected chi connectivity index (χ3v) is 3.89. The number of hydrogen-bond acceptors (Lipinski definition) is 2. The average molecular weight is 312 g/mol. The minimum atomic E-state index is -0.420. The molecule has 2 atom stereocenters. The minimum Gasteiger partial charge on any atom is -0.485 e. The lowest BCUT2D eigenvalue weighted by atomic mass is 9.93. The molecule has 0 radical (unpaired) electrons. The maximum Gasteiger partial charge on any atom is 0.131 e. The molecule has 2 N–H and O–H groups in total. The molecule has 0 spiro atoms. The Kier molecular flexibility index (Phi) is 3.59. The van der Waals surface area contributed by atoms with E-state index in [9.17, 15) is 4.39 Å². The van der Waals surface area contributed by atoms with Gasteiger partial charge in [0.25, 0.3) is 0 Å². The molecule has 0 bridgehead atoms. The molecule has 1 aliphatic rings. The molecule has 104 valence electrons. The van der Waals surface area contributed by atoms with Crippen molar-refractivity contribution >= 4 is 23.2 Å². The van der Waals surface area contributed by atoms with Crippen molar-refractivity contribution in [3.05, 3.63) is 63.4 Å². The van der Waals surface area contributed by atoms with Crippen LogP contribution in [-0.4, -0.2) is 0 Å². The topological polar surface area (TPSA) is 35.2 Å². The van der Waals surface area contributed by atoms with Crippen LogP contribution in [0.1, 0.15) is 29.7 Å². The van der Waals surface area contributed by atoms with Gasteiger partial charge >= 0.3 is 0 Å². The number of halogens is 3. The number of fused-ring (bicyclic) bond motifs is 1. The first-order chi connectivity index (χ1) is 9.54. The maximum absolute atomic E-state index is 14.0. The lowest BCUT2D eigenvalue weighted by molar-refractivity contribution is 0.157. The molecule has 2 aromatic rings. The Hall–Kier alpha value is -1.29. The summed E-state index contributed by atoms with van der Waals surface area (Å²) in [5.74, 6) is 0.264. The van der Waals surface area contributed by atoms with Crippen molar-refractivity contribution in [2.75, 3.05) is 0 Å². The van der Waals surface area contributed by atoms with Crippen molar-refractivity contribution in [3.8, 4) is 5.75 Å². The molecule has 20 heavy (non-hydrogen) atoms. The third kappa shape index (κ3) is 2.49. The summed E-state index contributed by atoms with van der Waals surface area (Å²) in [5.41, 5.74) is 7.45. The van der Waals surface area contributed by atoms with Crippen molar-refractivity contribution in [1.29, 1.82) is 0 Å². The van der Waals surface area contributed by atoms with E-state index in [1.807, 2.05) is 0 Å². The summed E-state index contributed by atoms with van der Waals surface area (Å²) in [6.45, 7) is 0. The summed E-state index contributed by atoms with van der Waals surface area (Å²) in [5, 5.41) is 0.970. The fraction of sp³-hybridized carbons (Fsp3) is 0.200. The Labute approximate surface area is 126 Å². The van der Waals surface area contributed by atoms with Gasteiger partial charge in [-0.1, -0.05) is 29.3 Å². The van der Waals surface area contributed by atoms with E-state index in [0.29, 0.717) is 27.8 Å². The predicted molar refractivity (Wildman–Crippen MR) is 77.8 cm³/mol. The van der Waals surface area contributed by atoms with Gasteiger partial charge in [-0.3, -0.25) is 0 Å². The van der Waals surface area contributed by atoms with E-state index in [1.165, 1.54) is 6.07 Å². The van der Waals surface area contributed by atoms with Crippen molar-refractivity contribution in [3.63, 3.8) is 0 Å². The fourth-order valence-electron chi connectivity index (χ4n) is 2.43. The van der Waals surface area contributed by atoms with Gasteiger partial charge in [0.05, 0.1) is 0 Å². The van der Waals surface area contributed by atoms with Crippen LogP contribution in [0.25, 0.3) is 0 Å². The van der Waals surface area contributed by atoms with E-state index in [0.717, 1.165) is 5.56 Å². The van der Waals surface area contributed by atoms with Gasteiger partial charge in [0, 0.05) is 33.6 Å². The molecule has 0 aromatic heterocycles. The van der Waals surface area contributed by atoms with Gasteiger partial charge in [-0.05, 0) is 30.3 Å². The van der Waals surface area contributed by atoms with Crippen LogP contribution in [0, 0.1) is 5.82 Å². The monoisotopic (exact) mass is 311 g/mol. The van der Waals surface area contributed by atoms with Gasteiger partial charge in [-0.15, -0.1) is 0 Å². The van der Waals surface area contributed by atoms with Crippen LogP contribution < -0.4 is 10.5 Å². The second-order valence-corrected chi connectivity index (χ2v) is 5.67. The molecular weight excluding hydrogens is 300 g/mol. The van der Waals surface area contributed by atoms with Gasteiger partial charge < -0.3 is 10.5 Å². The van der Waals surface area contributed by atoms with Gasteiger partial charge in [-0.2, -0.15) is 0 Å². The second kappa shape index (κ2) is 5.24. The van der Waals surface area contributed by atoms with Crippen molar-refractivity contribution in [2.45, 2.75) is 18.6 Å². The van der Waals surface area contributed by atoms with Gasteiger partial charge in [0.2, 0.25) is 0 Å². The minimum absolute atomic E-state index is 0.238. The fourth-order valence-corrected chi connectivity index (χ4v) is 2.77. The van der Waals surface area contributed by atoms with Gasteiger partial charge in [-0.25, -0.2) is 4.39 Å². The van der Waals surface area contributed by atoms with E-state index in [4.69, 9.17) is 33.7 Å². The van der Waals surface area contributed by atoms with Gasteiger partial charge in [0.15, 0.2) is 0 Å². The Morgan fingerprint density at radius 3 is 2.50 bits per heavy atom. The molecule has 5 heteroatoms. The highest BCUT2D eigenvalue weighted by Gasteiger charge is 2.29. The molecule has 2 aromatic carbocycles. The highest BCUT2D eigenvalue weighted by Crippen LogP contribution is 2.41. The summed E-state index contributed by atoms with van der Waals surface area (Å²) < 4.78 is 19.8. The van der Waals surface area contributed by atoms with Crippen LogP contribution in [0.15, 0.2) is 36.4 Å². The summed E-state index contributed by atoms with van der Waals surface area (Å²) in [4.78, 5) is 0. The highest BCUT2D eigenvalue weighted by molar-refractivity contribution is 6.30. The van der Waals surface area contributed by atoms with Crippen LogP contribution in [0.4, 0.5) is 4.39 Å². The lowest BCUT2D eigenvalue weighted by Crippen LogP contribution is -2.24. The van der Waals surface area contributed by atoms with E-state index in [-0.39, 0.29) is 11.9 Å². The zero-order chi connectivity index (χ0) is 14.3. The summed E-state index contributed by atoms with van der Waals surface area (Å²) in [7, 11) is 0. The molecule has 0 fully saturated rings. The molecule has 1 aliphatic heterocycles. The Bertz CT molecular complexity index is 662. The van der Waals surface area contributed by atoms with Crippen LogP contribution in [0.5, 0.6) is 5.75 Å². The van der Waals surface area contributed by atoms with Crippen LogP contribution in [-0.2, 0) is 0 Å². The van der Waals surface area contributed by atoms with Crippen LogP contribution >= 0.6 is 23.2 Å². The van der Waals surface area contributed by atoms with E-state index < -0.39 is 6.10 Å². The van der Waals surface area contributed by atoms with Crippen LogP contribution in [0.3, 0.4) is 0 Å². The van der Waals surface area contributed by atoms with E-state index in [1.54, 1.807) is 30.3 Å². The molecule has 0 saturated heterocycles. The second-order valence-electron chi connectivity index (χ2n) is 4.80. The third-order valence-electron chi connectivity index (χ3n) is 3.42. The first-order valence-electron chi connectivity index (χ1n) is 6.21. The maximum atomic E-state index is 14.0. The molecule has 0 amide bonds. The largest absolute Gasteiger partial charge is 0.485 e. The summed E-state index contributed by atoms with van der Waals surface area (Å²) >= 11 is 11.7. The first-order valence-corrected chi connectivity index (χ1v) is 6.97. The summed E-state index contributed by atoms with van der Waals surface area (Å²) in [6.07, 6.45) is 0.0715. The molecular formula is C15H12Cl2FNO. The first kappa shape index (κ1) is 13.7. The quantitative estimate of drug-likeness (QED) is 0.831. The number of rotatable bonds is 1. The lowest BCUT2D eigenvalue weighted by Gasteiger charge is -2.30. The van der Waals surface area contributed by atoms with Crippen LogP contribution in [0.2, 0.25) is 10.0 Å². The Morgan fingerprint density at radius 1 is 1.05 bits per heavy atom. The van der Waals surface area contributed by atoms with Crippen molar-refractivity contribution in [2.24, 2.45) is 5.73 Å². The van der Waals surface area contributed by atoms with E-state index in [2.05, 4.69) is 0 Å². The number of ether oxygens (including phenoxy) is 1. The summed E-state index contributed by atoms with van der Waals surface area (Å²) in [6, 6.07) is 9.60. The zero-order valence-corrected chi connectivity index (χ0v) is 12.0. The number of nitrogens with two attached hydrogens (primary N) is 1. The zero-order valence-electron chi connectivity index (χ0n) is 10.4. The average Bonchev–Trinajstić information content (AvgIpc) is 2.39. The Balaban J connectivity index is 1.97. The SMILES string of the molecule is N[C@H]1CC(c2ccc(Cl)cc2F)Oc2ccc(Cl)cc21. The molecule has 0 saturated carbocycles. The molecule has 1 unspecified atom stereocenters. The molecule has 1 heterocycles. The molecule has 0 aliphatic carbocycles. The normalized spacial score (nSPS) is 21.2. The number of benzene rings is 2. The predicted octanol–water partition coefficient (Wildman–Crippen LogP) is 4.66.